The summed E-state index contributed by atoms with van der Waals surface area (Å²) in [6.07, 6.45) is 0.183. The maximum Gasteiger partial charge on any atom is 0.277 e. The van der Waals surface area contributed by atoms with Gasteiger partial charge in [0, 0.05) is 25.8 Å². The minimum absolute atomic E-state index is 0.0367. The number of carbonyl (C=O) groups excluding carboxylic acids is 1. The third-order valence-electron chi connectivity index (χ3n) is 4.64. The molecule has 31 heavy (non-hydrogen) atoms. The number of hydrogen-bond donors (Lipinski definition) is 4. The van der Waals surface area contributed by atoms with E-state index < -0.39 is 29.8 Å². The van der Waals surface area contributed by atoms with Crippen LogP contribution in [0.4, 0.5) is 18.2 Å². The van der Waals surface area contributed by atoms with Gasteiger partial charge in [0.05, 0.1) is 17.8 Å². The standard InChI is InChI=1S/C19H22F3N7OS/c1-26-17(29-7-9(20)5-10(24)8-29)13(6-23)27-18(30)15-16(25)31-19(28-15)14-11(21)3-2-4-12(14)22/h2-4,6,9-10H,5,7-8,23-25H2,1H3,(H,27,30)/b13-6+,26-17?/t9-,10+/m0/s1. The summed E-state index contributed by atoms with van der Waals surface area (Å²) < 4.78 is 42.1. The van der Waals surface area contributed by atoms with Gasteiger partial charge in [-0.3, -0.25) is 9.79 Å². The van der Waals surface area contributed by atoms with Gasteiger partial charge in [-0.05, 0) is 18.6 Å². The minimum atomic E-state index is -1.15. The number of amides is 1. The maximum absolute atomic E-state index is 14.1. The summed E-state index contributed by atoms with van der Waals surface area (Å²) in [6.45, 7) is 0.374. The number of likely N-dealkylation sites (tertiary alicyclic amines) is 1. The fraction of sp³-hybridized carbons (Fsp3) is 0.316. The van der Waals surface area contributed by atoms with Gasteiger partial charge in [0.2, 0.25) is 0 Å². The van der Waals surface area contributed by atoms with E-state index in [9.17, 15) is 18.0 Å². The van der Waals surface area contributed by atoms with Crippen LogP contribution >= 0.6 is 11.3 Å². The van der Waals surface area contributed by atoms with Gasteiger partial charge in [0.15, 0.2) is 5.69 Å². The van der Waals surface area contributed by atoms with Gasteiger partial charge in [0.25, 0.3) is 5.91 Å². The lowest BCUT2D eigenvalue weighted by Gasteiger charge is -2.35. The number of carbonyl (C=O) groups is 1. The van der Waals surface area contributed by atoms with Crippen molar-refractivity contribution in [2.75, 3.05) is 25.9 Å². The van der Waals surface area contributed by atoms with E-state index in [0.29, 0.717) is 6.54 Å². The van der Waals surface area contributed by atoms with E-state index in [2.05, 4.69) is 15.3 Å². The summed E-state index contributed by atoms with van der Waals surface area (Å²) in [5.74, 6) is -2.17. The first-order valence-corrected chi connectivity index (χ1v) is 10.1. The highest BCUT2D eigenvalue weighted by Crippen LogP contribution is 2.33. The first-order valence-electron chi connectivity index (χ1n) is 9.30. The number of nitrogens with two attached hydrogens (primary N) is 3. The van der Waals surface area contributed by atoms with Crippen molar-refractivity contribution < 1.29 is 18.0 Å². The number of hydrogen-bond acceptors (Lipinski definition) is 7. The summed E-state index contributed by atoms with van der Waals surface area (Å²) in [6, 6.07) is 2.98. The number of rotatable bonds is 4. The lowest BCUT2D eigenvalue weighted by atomic mass is 10.0. The van der Waals surface area contributed by atoms with Gasteiger partial charge in [0.1, 0.15) is 33.7 Å². The number of nitrogens with zero attached hydrogens (tertiary/aromatic N) is 3. The van der Waals surface area contributed by atoms with Crippen molar-refractivity contribution in [2.24, 2.45) is 16.5 Å². The molecular weight excluding hydrogens is 431 g/mol. The molecule has 166 valence electrons. The fourth-order valence-electron chi connectivity index (χ4n) is 3.34. The summed E-state index contributed by atoms with van der Waals surface area (Å²) in [7, 11) is 1.47. The maximum atomic E-state index is 14.1. The number of halogens is 3. The summed E-state index contributed by atoms with van der Waals surface area (Å²) >= 11 is 0.770. The number of aromatic nitrogens is 1. The Bertz CT molecular complexity index is 1010. The Kier molecular flexibility index (Phi) is 6.81. The van der Waals surface area contributed by atoms with E-state index in [0.717, 1.165) is 29.7 Å². The van der Waals surface area contributed by atoms with Crippen LogP contribution in [0.25, 0.3) is 10.6 Å². The predicted octanol–water partition coefficient (Wildman–Crippen LogP) is 1.60. The Balaban J connectivity index is 1.84. The van der Waals surface area contributed by atoms with Crippen molar-refractivity contribution in [1.82, 2.24) is 15.2 Å². The van der Waals surface area contributed by atoms with Crippen LogP contribution in [0.15, 0.2) is 35.1 Å². The van der Waals surface area contributed by atoms with Gasteiger partial charge in [-0.1, -0.05) is 17.4 Å². The first-order chi connectivity index (χ1) is 14.7. The molecule has 0 radical (unpaired) electrons. The number of nitrogen functional groups attached to an aromatic ring is 1. The van der Waals surface area contributed by atoms with E-state index in [1.807, 2.05) is 0 Å². The molecule has 8 nitrogen and oxygen atoms in total. The van der Waals surface area contributed by atoms with Gasteiger partial charge in [-0.25, -0.2) is 18.2 Å². The second-order valence-corrected chi connectivity index (χ2v) is 7.94. The van der Waals surface area contributed by atoms with Crippen molar-refractivity contribution in [3.63, 3.8) is 0 Å². The lowest BCUT2D eigenvalue weighted by Crippen LogP contribution is -2.52. The smallest absolute Gasteiger partial charge is 0.277 e. The van der Waals surface area contributed by atoms with Crippen LogP contribution in [0.2, 0.25) is 0 Å². The molecule has 1 aromatic carbocycles. The molecule has 0 spiro atoms. The Hall–Kier alpha value is -3.12. The van der Waals surface area contributed by atoms with Crippen molar-refractivity contribution in [1.29, 1.82) is 0 Å². The van der Waals surface area contributed by atoms with Crippen molar-refractivity contribution >= 4 is 28.1 Å². The molecule has 2 atom stereocenters. The Morgan fingerprint density at radius 2 is 2.03 bits per heavy atom. The largest absolute Gasteiger partial charge is 0.403 e. The van der Waals surface area contributed by atoms with Gasteiger partial charge in [-0.15, -0.1) is 0 Å². The van der Waals surface area contributed by atoms with Crippen LogP contribution < -0.4 is 22.5 Å². The highest BCUT2D eigenvalue weighted by molar-refractivity contribution is 7.19. The van der Waals surface area contributed by atoms with Crippen LogP contribution in [0.1, 0.15) is 16.9 Å². The molecule has 1 fully saturated rings. The lowest BCUT2D eigenvalue weighted by molar-refractivity contribution is 0.0963. The molecular formula is C19H22F3N7OS. The number of aliphatic imine (C=N–C) groups is 1. The monoisotopic (exact) mass is 453 g/mol. The summed E-state index contributed by atoms with van der Waals surface area (Å²) in [5, 5.41) is 2.42. The average Bonchev–Trinajstić information content (AvgIpc) is 3.08. The van der Waals surface area contributed by atoms with Crippen LogP contribution in [0, 0.1) is 11.6 Å². The van der Waals surface area contributed by atoms with Crippen molar-refractivity contribution in [2.45, 2.75) is 18.6 Å². The summed E-state index contributed by atoms with van der Waals surface area (Å²) in [4.78, 5) is 22.5. The van der Waals surface area contributed by atoms with Crippen LogP contribution in [0.5, 0.6) is 0 Å². The third-order valence-corrected chi connectivity index (χ3v) is 5.55. The second-order valence-electron chi connectivity index (χ2n) is 6.91. The number of amidine groups is 1. The van der Waals surface area contributed by atoms with Gasteiger partial charge in [-0.2, -0.15) is 0 Å². The highest BCUT2D eigenvalue weighted by atomic mass is 32.1. The normalized spacial score (nSPS) is 20.1. The van der Waals surface area contributed by atoms with Crippen LogP contribution in [-0.2, 0) is 0 Å². The number of nitrogens with one attached hydrogen (secondary N) is 1. The topological polar surface area (TPSA) is 136 Å². The molecule has 0 bridgehead atoms. The molecule has 1 saturated heterocycles. The third kappa shape index (κ3) is 4.80. The Morgan fingerprint density at radius 1 is 1.35 bits per heavy atom. The van der Waals surface area contributed by atoms with Crippen molar-refractivity contribution in [3.8, 4) is 10.6 Å². The minimum Gasteiger partial charge on any atom is -0.403 e. The van der Waals surface area contributed by atoms with Crippen LogP contribution in [-0.4, -0.2) is 54.0 Å². The van der Waals surface area contributed by atoms with Crippen molar-refractivity contribution in [3.05, 3.63) is 47.4 Å². The molecule has 0 unspecified atom stereocenters. The highest BCUT2D eigenvalue weighted by Gasteiger charge is 2.29. The van der Waals surface area contributed by atoms with E-state index in [-0.39, 0.29) is 45.8 Å². The number of alkyl halides is 1. The molecule has 2 heterocycles. The van der Waals surface area contributed by atoms with E-state index >= 15 is 0 Å². The molecule has 3 rings (SSSR count). The Morgan fingerprint density at radius 3 is 2.61 bits per heavy atom. The zero-order valence-corrected chi connectivity index (χ0v) is 17.4. The zero-order chi connectivity index (χ0) is 22.7. The van der Waals surface area contributed by atoms with Gasteiger partial charge >= 0.3 is 0 Å². The fourth-order valence-corrected chi connectivity index (χ4v) is 4.21. The second kappa shape index (κ2) is 9.35. The number of thiazole rings is 1. The number of benzene rings is 1. The molecule has 0 saturated carbocycles. The number of anilines is 1. The molecule has 7 N–H and O–H groups in total. The zero-order valence-electron chi connectivity index (χ0n) is 16.6. The van der Waals surface area contributed by atoms with Crippen LogP contribution in [0.3, 0.4) is 0 Å². The van der Waals surface area contributed by atoms with E-state index in [4.69, 9.17) is 17.2 Å². The molecule has 1 amide bonds. The SMILES string of the molecule is CN=C(/C(=C\N)NC(=O)c1nc(-c2c(F)cccc2F)sc1N)N1C[C@H](N)C[C@H](F)C1. The Labute approximate surface area is 180 Å². The number of piperidine rings is 1. The predicted molar refractivity (Wildman–Crippen MR) is 114 cm³/mol. The molecule has 1 aliphatic heterocycles. The molecule has 0 aliphatic carbocycles. The molecule has 12 heteroatoms. The quantitative estimate of drug-likeness (QED) is 0.410. The average molecular weight is 453 g/mol. The molecule has 1 aliphatic rings. The van der Waals surface area contributed by atoms with E-state index in [1.165, 1.54) is 13.1 Å². The molecule has 1 aromatic heterocycles. The first kappa shape index (κ1) is 22.6. The summed E-state index contributed by atoms with van der Waals surface area (Å²) in [5.41, 5.74) is 16.9. The molecule has 2 aromatic rings. The van der Waals surface area contributed by atoms with Gasteiger partial charge < -0.3 is 27.4 Å². The van der Waals surface area contributed by atoms with E-state index in [1.54, 1.807) is 4.90 Å².